The zero-order valence-corrected chi connectivity index (χ0v) is 7.16. The van der Waals surface area contributed by atoms with Crippen molar-refractivity contribution >= 4 is 5.69 Å². The highest BCUT2D eigenvalue weighted by molar-refractivity contribution is 5.60. The molecule has 4 heteroatoms. The van der Waals surface area contributed by atoms with Gasteiger partial charge in [0, 0.05) is 35.8 Å². The van der Waals surface area contributed by atoms with Gasteiger partial charge in [0.15, 0.2) is 0 Å². The summed E-state index contributed by atoms with van der Waals surface area (Å²) in [4.78, 5) is 0. The quantitative estimate of drug-likeness (QED) is 0.515. The number of nitrogens with two attached hydrogens (primary N) is 2. The molecule has 0 aromatic heterocycles. The lowest BCUT2D eigenvalue weighted by atomic mass is 9.99. The highest BCUT2D eigenvalue weighted by Crippen LogP contribution is 2.37. The van der Waals surface area contributed by atoms with Gasteiger partial charge in [-0.1, -0.05) is 0 Å². The van der Waals surface area contributed by atoms with Crippen LogP contribution >= 0.6 is 0 Å². The van der Waals surface area contributed by atoms with Crippen LogP contribution in [0.25, 0.3) is 0 Å². The Balaban J connectivity index is 2.56. The summed E-state index contributed by atoms with van der Waals surface area (Å²) >= 11 is 0. The summed E-state index contributed by atoms with van der Waals surface area (Å²) in [7, 11) is 0. The third-order valence-corrected chi connectivity index (χ3v) is 2.22. The van der Waals surface area contributed by atoms with Gasteiger partial charge in [-0.3, -0.25) is 0 Å². The van der Waals surface area contributed by atoms with E-state index in [2.05, 4.69) is 0 Å². The van der Waals surface area contributed by atoms with Crippen LogP contribution in [0.5, 0.6) is 11.5 Å². The molecule has 1 aromatic rings. The molecule has 0 saturated heterocycles. The van der Waals surface area contributed by atoms with Crippen LogP contribution in [0, 0.1) is 0 Å². The Labute approximate surface area is 76.1 Å². The van der Waals surface area contributed by atoms with Crippen LogP contribution in [-0.2, 0) is 0 Å². The molecule has 2 rings (SSSR count). The lowest BCUT2D eigenvalue weighted by Gasteiger charge is -2.24. The van der Waals surface area contributed by atoms with Crippen molar-refractivity contribution in [2.45, 2.75) is 12.5 Å². The molecule has 1 heterocycles. The Bertz CT molecular complexity index is 339. The molecule has 0 amide bonds. The van der Waals surface area contributed by atoms with Gasteiger partial charge in [-0.15, -0.1) is 0 Å². The minimum absolute atomic E-state index is 0.0793. The largest absolute Gasteiger partial charge is 0.508 e. The number of hydrogen-bond donors (Lipinski definition) is 3. The topological polar surface area (TPSA) is 81.5 Å². The van der Waals surface area contributed by atoms with Crippen LogP contribution in [0.15, 0.2) is 12.1 Å². The smallest absolute Gasteiger partial charge is 0.129 e. The van der Waals surface area contributed by atoms with E-state index in [1.807, 2.05) is 0 Å². The number of benzene rings is 1. The summed E-state index contributed by atoms with van der Waals surface area (Å²) in [5, 5.41) is 9.25. The number of hydrogen-bond acceptors (Lipinski definition) is 4. The van der Waals surface area contributed by atoms with E-state index in [4.69, 9.17) is 16.2 Å². The molecule has 0 spiro atoms. The lowest BCUT2D eigenvalue weighted by molar-refractivity contribution is 0.268. The van der Waals surface area contributed by atoms with Gasteiger partial charge in [-0.2, -0.15) is 0 Å². The second kappa shape index (κ2) is 2.81. The molecule has 1 aliphatic rings. The average Bonchev–Trinajstić information content (AvgIpc) is 2.02. The van der Waals surface area contributed by atoms with Gasteiger partial charge in [0.1, 0.15) is 11.5 Å². The Morgan fingerprint density at radius 2 is 2.23 bits per heavy atom. The van der Waals surface area contributed by atoms with E-state index in [1.165, 1.54) is 6.07 Å². The van der Waals surface area contributed by atoms with Gasteiger partial charge in [-0.25, -0.2) is 0 Å². The van der Waals surface area contributed by atoms with E-state index in [0.29, 0.717) is 18.0 Å². The molecule has 0 radical (unpaired) electrons. The van der Waals surface area contributed by atoms with Crippen molar-refractivity contribution in [1.29, 1.82) is 0 Å². The monoisotopic (exact) mass is 180 g/mol. The van der Waals surface area contributed by atoms with E-state index in [1.54, 1.807) is 6.07 Å². The molecule has 1 aliphatic heterocycles. The van der Waals surface area contributed by atoms with Crippen LogP contribution in [0.1, 0.15) is 18.0 Å². The van der Waals surface area contributed by atoms with E-state index in [9.17, 15) is 5.11 Å². The van der Waals surface area contributed by atoms with Crippen molar-refractivity contribution in [2.24, 2.45) is 5.73 Å². The summed E-state index contributed by atoms with van der Waals surface area (Å²) < 4.78 is 5.34. The normalized spacial score (nSPS) is 20.5. The molecule has 0 bridgehead atoms. The maximum absolute atomic E-state index is 9.25. The Morgan fingerprint density at radius 3 is 3.00 bits per heavy atom. The molecule has 4 nitrogen and oxygen atoms in total. The third kappa shape index (κ3) is 1.29. The van der Waals surface area contributed by atoms with Gasteiger partial charge in [0.05, 0.1) is 6.61 Å². The molecule has 0 aliphatic carbocycles. The summed E-state index contributed by atoms with van der Waals surface area (Å²) in [6.07, 6.45) is 0.766. The van der Waals surface area contributed by atoms with Gasteiger partial charge in [0.2, 0.25) is 0 Å². The predicted molar refractivity (Wildman–Crippen MR) is 49.6 cm³/mol. The van der Waals surface area contributed by atoms with Gasteiger partial charge >= 0.3 is 0 Å². The molecular formula is C9H12N2O2. The van der Waals surface area contributed by atoms with Crippen LogP contribution < -0.4 is 16.2 Å². The Hall–Kier alpha value is -1.42. The van der Waals surface area contributed by atoms with E-state index in [-0.39, 0.29) is 11.8 Å². The highest BCUT2D eigenvalue weighted by atomic mass is 16.5. The van der Waals surface area contributed by atoms with Crippen molar-refractivity contribution < 1.29 is 9.84 Å². The molecule has 0 unspecified atom stereocenters. The van der Waals surface area contributed by atoms with Crippen molar-refractivity contribution in [3.63, 3.8) is 0 Å². The highest BCUT2D eigenvalue weighted by Gasteiger charge is 2.21. The van der Waals surface area contributed by atoms with Crippen molar-refractivity contribution in [3.8, 4) is 11.5 Å². The van der Waals surface area contributed by atoms with Crippen molar-refractivity contribution in [3.05, 3.63) is 17.7 Å². The summed E-state index contributed by atoms with van der Waals surface area (Å²) in [6, 6.07) is 2.96. The fraction of sp³-hybridized carbons (Fsp3) is 0.333. The zero-order valence-electron chi connectivity index (χ0n) is 7.16. The molecule has 1 atom stereocenters. The standard InChI is InChI=1S/C9H12N2O2/c10-6-1-2-13-8-4-5(12)3-7(11)9(6)8/h3-4,6,12H,1-2,10-11H2/t6-/m0/s1. The molecule has 5 N–H and O–H groups in total. The summed E-state index contributed by atoms with van der Waals surface area (Å²) in [6.45, 7) is 0.580. The van der Waals surface area contributed by atoms with Crippen LogP contribution in [0.2, 0.25) is 0 Å². The number of fused-ring (bicyclic) bond motifs is 1. The fourth-order valence-corrected chi connectivity index (χ4v) is 1.59. The van der Waals surface area contributed by atoms with E-state index in [0.717, 1.165) is 12.0 Å². The van der Waals surface area contributed by atoms with Gasteiger partial charge in [0.25, 0.3) is 0 Å². The van der Waals surface area contributed by atoms with Crippen LogP contribution in [0.4, 0.5) is 5.69 Å². The number of ether oxygens (including phenoxy) is 1. The SMILES string of the molecule is Nc1cc(O)cc2c1[C@@H](N)CCO2. The number of rotatable bonds is 0. The Kier molecular flexibility index (Phi) is 1.77. The number of anilines is 1. The van der Waals surface area contributed by atoms with Crippen LogP contribution in [0.3, 0.4) is 0 Å². The second-order valence-electron chi connectivity index (χ2n) is 3.19. The number of nitrogen functional groups attached to an aromatic ring is 1. The first-order valence-electron chi connectivity index (χ1n) is 4.19. The second-order valence-corrected chi connectivity index (χ2v) is 3.19. The first-order chi connectivity index (χ1) is 6.18. The molecular weight excluding hydrogens is 168 g/mol. The number of phenols is 1. The molecule has 13 heavy (non-hydrogen) atoms. The predicted octanol–water partition coefficient (Wildman–Crippen LogP) is 0.757. The van der Waals surface area contributed by atoms with Crippen molar-refractivity contribution in [1.82, 2.24) is 0 Å². The molecule has 0 fully saturated rings. The van der Waals surface area contributed by atoms with E-state index < -0.39 is 0 Å². The minimum Gasteiger partial charge on any atom is -0.508 e. The fourth-order valence-electron chi connectivity index (χ4n) is 1.59. The minimum atomic E-state index is -0.0793. The van der Waals surface area contributed by atoms with Crippen molar-refractivity contribution in [2.75, 3.05) is 12.3 Å². The third-order valence-electron chi connectivity index (χ3n) is 2.22. The van der Waals surface area contributed by atoms with Gasteiger partial charge < -0.3 is 21.3 Å². The van der Waals surface area contributed by atoms with Crippen LogP contribution in [-0.4, -0.2) is 11.7 Å². The lowest BCUT2D eigenvalue weighted by Crippen LogP contribution is -2.21. The molecule has 1 aromatic carbocycles. The van der Waals surface area contributed by atoms with Gasteiger partial charge in [-0.05, 0) is 0 Å². The maximum atomic E-state index is 9.25. The average molecular weight is 180 g/mol. The first-order valence-corrected chi connectivity index (χ1v) is 4.19. The summed E-state index contributed by atoms with van der Waals surface area (Å²) in [5.74, 6) is 0.724. The Morgan fingerprint density at radius 1 is 1.46 bits per heavy atom. The molecule has 70 valence electrons. The molecule has 0 saturated carbocycles. The maximum Gasteiger partial charge on any atom is 0.129 e. The number of phenolic OH excluding ortho intramolecular Hbond substituents is 1. The van der Waals surface area contributed by atoms with E-state index >= 15 is 0 Å². The number of aromatic hydroxyl groups is 1. The first kappa shape index (κ1) is 8.19. The zero-order chi connectivity index (χ0) is 9.42. The summed E-state index contributed by atoms with van der Waals surface area (Å²) in [5.41, 5.74) is 12.9.